The molecular formula is C9H19N2O5P. The lowest BCUT2D eigenvalue weighted by molar-refractivity contribution is -0.120. The van der Waals surface area contributed by atoms with E-state index in [2.05, 4.69) is 5.32 Å². The van der Waals surface area contributed by atoms with Crippen LogP contribution in [0.3, 0.4) is 0 Å². The largest absolute Gasteiger partial charge is 0.437 e. The Morgan fingerprint density at radius 1 is 1.35 bits per heavy atom. The van der Waals surface area contributed by atoms with Crippen molar-refractivity contribution in [1.82, 2.24) is 9.99 Å². The van der Waals surface area contributed by atoms with Crippen molar-refractivity contribution < 1.29 is 23.2 Å². The van der Waals surface area contributed by atoms with Crippen LogP contribution in [0.5, 0.6) is 0 Å². The molecule has 0 bridgehead atoms. The van der Waals surface area contributed by atoms with Crippen molar-refractivity contribution in [3.05, 3.63) is 0 Å². The van der Waals surface area contributed by atoms with Crippen LogP contribution in [0, 0.1) is 0 Å². The van der Waals surface area contributed by atoms with Gasteiger partial charge in [-0.25, -0.2) is 9.24 Å². The molecular weight excluding hydrogens is 247 g/mol. The number of carbonyl (C=O) groups excluding carboxylic acids is 2. The lowest BCUT2D eigenvalue weighted by Crippen LogP contribution is -2.32. The molecule has 0 radical (unpaired) electrons. The quantitative estimate of drug-likeness (QED) is 0.492. The zero-order valence-corrected chi connectivity index (χ0v) is 11.2. The second-order valence-electron chi connectivity index (χ2n) is 3.06. The zero-order chi connectivity index (χ0) is 13.3. The highest BCUT2D eigenvalue weighted by atomic mass is 31.2. The van der Waals surface area contributed by atoms with Gasteiger partial charge in [-0.15, -0.1) is 0 Å². The molecule has 0 unspecified atom stereocenters. The second-order valence-corrected chi connectivity index (χ2v) is 5.02. The summed E-state index contributed by atoms with van der Waals surface area (Å²) >= 11 is 0. The topological polar surface area (TPSA) is 84.9 Å². The van der Waals surface area contributed by atoms with Gasteiger partial charge in [-0.05, 0) is 13.8 Å². The number of amides is 2. The summed E-state index contributed by atoms with van der Waals surface area (Å²) in [5.74, 6) is -0.224. The first-order valence-electron chi connectivity index (χ1n) is 5.36. The predicted octanol–water partition coefficient (Wildman–Crippen LogP) is 0.762. The molecule has 100 valence electrons. The Kier molecular flexibility index (Phi) is 7.78. The molecule has 0 saturated carbocycles. The Bertz CT molecular complexity index is 287. The normalized spacial score (nSPS) is 11.0. The van der Waals surface area contributed by atoms with E-state index in [1.165, 1.54) is 6.92 Å². The molecule has 0 rings (SSSR count). The Morgan fingerprint density at radius 3 is 2.24 bits per heavy atom. The molecule has 0 aromatic heterocycles. The van der Waals surface area contributed by atoms with E-state index < -0.39 is 7.75 Å². The van der Waals surface area contributed by atoms with Gasteiger partial charge in [-0.3, -0.25) is 18.6 Å². The highest BCUT2D eigenvalue weighted by molar-refractivity contribution is 7.51. The van der Waals surface area contributed by atoms with E-state index in [1.807, 2.05) is 0 Å². The maximum atomic E-state index is 12.2. The minimum absolute atomic E-state index is 0.0698. The maximum Gasteiger partial charge on any atom is 0.437 e. The SMILES string of the molecule is CCOP(=O)(OCC)N(C=O)CCNC(C)=O. The number of carbonyl (C=O) groups is 2. The third-order valence-corrected chi connectivity index (χ3v) is 3.83. The highest BCUT2D eigenvalue weighted by Crippen LogP contribution is 2.50. The molecule has 1 N–H and O–H groups in total. The Hall–Kier alpha value is -0.910. The van der Waals surface area contributed by atoms with Gasteiger partial charge in [0, 0.05) is 20.0 Å². The molecule has 0 aliphatic heterocycles. The number of nitrogens with one attached hydrogen (secondary N) is 1. The zero-order valence-electron chi connectivity index (χ0n) is 10.3. The van der Waals surface area contributed by atoms with E-state index in [0.717, 1.165) is 4.67 Å². The van der Waals surface area contributed by atoms with Crippen molar-refractivity contribution in [1.29, 1.82) is 0 Å². The molecule has 0 fully saturated rings. The molecule has 0 heterocycles. The summed E-state index contributed by atoms with van der Waals surface area (Å²) in [5, 5.41) is 2.49. The summed E-state index contributed by atoms with van der Waals surface area (Å²) in [6.07, 6.45) is 0.397. The van der Waals surface area contributed by atoms with Gasteiger partial charge in [0.05, 0.1) is 13.2 Å². The molecule has 0 aromatic rings. The van der Waals surface area contributed by atoms with Crippen LogP contribution in [0.15, 0.2) is 0 Å². The summed E-state index contributed by atoms with van der Waals surface area (Å²) in [6, 6.07) is 0. The van der Waals surface area contributed by atoms with Crippen molar-refractivity contribution >= 4 is 20.1 Å². The number of nitrogens with zero attached hydrogens (tertiary/aromatic N) is 1. The molecule has 7 nitrogen and oxygen atoms in total. The van der Waals surface area contributed by atoms with Gasteiger partial charge in [0.25, 0.3) is 0 Å². The second kappa shape index (κ2) is 8.22. The van der Waals surface area contributed by atoms with Crippen LogP contribution in [0.2, 0.25) is 0 Å². The monoisotopic (exact) mass is 266 g/mol. The van der Waals surface area contributed by atoms with Gasteiger partial charge in [-0.2, -0.15) is 0 Å². The fourth-order valence-corrected chi connectivity index (χ4v) is 2.58. The van der Waals surface area contributed by atoms with Gasteiger partial charge < -0.3 is 5.32 Å². The summed E-state index contributed by atoms with van der Waals surface area (Å²) in [4.78, 5) is 21.5. The summed E-state index contributed by atoms with van der Waals surface area (Å²) in [7, 11) is -3.58. The lowest BCUT2D eigenvalue weighted by Gasteiger charge is -2.26. The first-order valence-corrected chi connectivity index (χ1v) is 6.85. The first kappa shape index (κ1) is 16.1. The lowest BCUT2D eigenvalue weighted by atomic mass is 10.6. The van der Waals surface area contributed by atoms with E-state index in [1.54, 1.807) is 13.8 Å². The van der Waals surface area contributed by atoms with Gasteiger partial charge in [0.2, 0.25) is 12.3 Å². The smallest absolute Gasteiger partial charge is 0.355 e. The standard InChI is InChI=1S/C9H19N2O5P/c1-4-15-17(14,16-5-2)11(8-12)7-6-10-9(3)13/h8H,4-7H2,1-3H3,(H,10,13). The van der Waals surface area contributed by atoms with Crippen LogP contribution in [0.1, 0.15) is 20.8 Å². The van der Waals surface area contributed by atoms with Gasteiger partial charge >= 0.3 is 7.75 Å². The average molecular weight is 266 g/mol. The van der Waals surface area contributed by atoms with Crippen LogP contribution < -0.4 is 5.32 Å². The molecule has 0 aliphatic rings. The number of hydrogen-bond donors (Lipinski definition) is 1. The van der Waals surface area contributed by atoms with E-state index in [4.69, 9.17) is 9.05 Å². The molecule has 0 saturated heterocycles. The van der Waals surface area contributed by atoms with Crippen molar-refractivity contribution in [2.75, 3.05) is 26.3 Å². The molecule has 0 atom stereocenters. The predicted molar refractivity (Wildman–Crippen MR) is 62.3 cm³/mol. The van der Waals surface area contributed by atoms with Gasteiger partial charge in [0.1, 0.15) is 0 Å². The molecule has 0 aromatic carbocycles. The summed E-state index contributed by atoms with van der Waals surface area (Å²) in [5.41, 5.74) is 0. The molecule has 8 heteroatoms. The molecule has 0 spiro atoms. The van der Waals surface area contributed by atoms with Crippen molar-refractivity contribution in [2.45, 2.75) is 20.8 Å². The minimum atomic E-state index is -3.58. The fraction of sp³-hybridized carbons (Fsp3) is 0.778. The summed E-state index contributed by atoms with van der Waals surface area (Å²) in [6.45, 7) is 5.27. The van der Waals surface area contributed by atoms with Crippen molar-refractivity contribution in [3.63, 3.8) is 0 Å². The number of hydrogen-bond acceptors (Lipinski definition) is 5. The van der Waals surface area contributed by atoms with Crippen LogP contribution >= 0.6 is 7.75 Å². The van der Waals surface area contributed by atoms with Crippen molar-refractivity contribution in [3.8, 4) is 0 Å². The molecule has 0 aliphatic carbocycles. The minimum Gasteiger partial charge on any atom is -0.355 e. The van der Waals surface area contributed by atoms with E-state index in [-0.39, 0.29) is 32.2 Å². The number of rotatable bonds is 9. The third kappa shape index (κ3) is 5.81. The van der Waals surface area contributed by atoms with Crippen LogP contribution in [-0.4, -0.2) is 43.3 Å². The van der Waals surface area contributed by atoms with Gasteiger partial charge in [-0.1, -0.05) is 0 Å². The average Bonchev–Trinajstić information content (AvgIpc) is 2.24. The fourth-order valence-electron chi connectivity index (χ4n) is 1.09. The maximum absolute atomic E-state index is 12.2. The molecule has 2 amide bonds. The summed E-state index contributed by atoms with van der Waals surface area (Å²) < 4.78 is 23.1. The third-order valence-electron chi connectivity index (χ3n) is 1.74. The Balaban J connectivity index is 4.50. The molecule has 17 heavy (non-hydrogen) atoms. The Labute approximate surface area is 101 Å². The van der Waals surface area contributed by atoms with Gasteiger partial charge in [0.15, 0.2) is 0 Å². The first-order chi connectivity index (χ1) is 8.00. The van der Waals surface area contributed by atoms with E-state index >= 15 is 0 Å². The van der Waals surface area contributed by atoms with Crippen LogP contribution in [0.4, 0.5) is 0 Å². The Morgan fingerprint density at radius 2 is 1.88 bits per heavy atom. The van der Waals surface area contributed by atoms with E-state index in [9.17, 15) is 14.2 Å². The van der Waals surface area contributed by atoms with Crippen LogP contribution in [-0.2, 0) is 23.2 Å². The van der Waals surface area contributed by atoms with E-state index in [0.29, 0.717) is 6.41 Å². The van der Waals surface area contributed by atoms with Crippen LogP contribution in [0.25, 0.3) is 0 Å². The van der Waals surface area contributed by atoms with Crippen molar-refractivity contribution in [2.24, 2.45) is 0 Å². The highest BCUT2D eigenvalue weighted by Gasteiger charge is 2.31.